The third-order valence-corrected chi connectivity index (χ3v) is 6.61. The van der Waals surface area contributed by atoms with Crippen molar-refractivity contribution in [2.45, 2.75) is 18.9 Å². The van der Waals surface area contributed by atoms with E-state index in [0.29, 0.717) is 40.7 Å². The molecule has 0 bridgehead atoms. The van der Waals surface area contributed by atoms with Crippen molar-refractivity contribution in [3.05, 3.63) is 64.9 Å². The molecular weight excluding hydrogens is 448 g/mol. The summed E-state index contributed by atoms with van der Waals surface area (Å²) in [6, 6.07) is 10.8. The molecule has 0 amide bonds. The van der Waals surface area contributed by atoms with E-state index in [1.807, 2.05) is 28.8 Å². The Morgan fingerprint density at radius 3 is 2.63 bits per heavy atom. The van der Waals surface area contributed by atoms with Gasteiger partial charge in [0.25, 0.3) is 0 Å². The van der Waals surface area contributed by atoms with Crippen LogP contribution in [0.1, 0.15) is 29.0 Å². The number of rotatable bonds is 7. The maximum atomic E-state index is 10.1. The summed E-state index contributed by atoms with van der Waals surface area (Å²) in [6.45, 7) is 5.06. The molecule has 5 rings (SSSR count). The molecule has 1 atom stereocenters. The van der Waals surface area contributed by atoms with Crippen molar-refractivity contribution in [1.82, 2.24) is 14.5 Å². The fraction of sp³-hybridized carbons (Fsp3) is 0.385. The first kappa shape index (κ1) is 23.2. The number of phenols is 1. The highest BCUT2D eigenvalue weighted by molar-refractivity contribution is 5.58. The number of benzene rings is 2. The molecule has 3 heterocycles. The SMILES string of the molecule is COc1ccc([C@H]2c3ccc(O)cc3Oc3ncn(CCCN4CCOCC4)c(=N)c32)cc1OC. The molecule has 0 spiro atoms. The third-order valence-electron chi connectivity index (χ3n) is 6.61. The summed E-state index contributed by atoms with van der Waals surface area (Å²) in [4.78, 5) is 6.96. The van der Waals surface area contributed by atoms with Gasteiger partial charge in [0.1, 0.15) is 23.3 Å². The van der Waals surface area contributed by atoms with Crippen molar-refractivity contribution < 1.29 is 24.1 Å². The minimum atomic E-state index is -0.319. The fourth-order valence-electron chi connectivity index (χ4n) is 4.79. The van der Waals surface area contributed by atoms with Crippen LogP contribution >= 0.6 is 0 Å². The van der Waals surface area contributed by atoms with Crippen molar-refractivity contribution in [3.63, 3.8) is 0 Å². The monoisotopic (exact) mass is 478 g/mol. The molecule has 1 aromatic heterocycles. The van der Waals surface area contributed by atoms with Gasteiger partial charge in [-0.3, -0.25) is 10.3 Å². The lowest BCUT2D eigenvalue weighted by Crippen LogP contribution is -2.37. The van der Waals surface area contributed by atoms with E-state index in [1.54, 1.807) is 32.7 Å². The molecule has 3 aromatic rings. The number of aromatic hydroxyl groups is 1. The molecule has 2 N–H and O–H groups in total. The van der Waals surface area contributed by atoms with Crippen LogP contribution in [0, 0.1) is 5.41 Å². The van der Waals surface area contributed by atoms with Crippen LogP contribution in [0.3, 0.4) is 0 Å². The highest BCUT2D eigenvalue weighted by Gasteiger charge is 2.33. The lowest BCUT2D eigenvalue weighted by Gasteiger charge is -2.29. The summed E-state index contributed by atoms with van der Waals surface area (Å²) in [7, 11) is 3.20. The van der Waals surface area contributed by atoms with Crippen LogP contribution in [-0.4, -0.2) is 66.6 Å². The summed E-state index contributed by atoms with van der Waals surface area (Å²) in [5.74, 6) is 1.92. The Hall–Kier alpha value is -3.56. The second-order valence-electron chi connectivity index (χ2n) is 8.68. The lowest BCUT2D eigenvalue weighted by molar-refractivity contribution is 0.0369. The number of aryl methyl sites for hydroxylation is 1. The molecule has 2 aliphatic heterocycles. The summed E-state index contributed by atoms with van der Waals surface area (Å²) in [6.07, 6.45) is 2.57. The maximum Gasteiger partial charge on any atom is 0.228 e. The molecule has 0 unspecified atom stereocenters. The van der Waals surface area contributed by atoms with Crippen LogP contribution in [0.2, 0.25) is 0 Å². The number of fused-ring (bicyclic) bond motifs is 2. The van der Waals surface area contributed by atoms with Crippen molar-refractivity contribution in [1.29, 1.82) is 5.41 Å². The predicted molar refractivity (Wildman–Crippen MR) is 129 cm³/mol. The van der Waals surface area contributed by atoms with Gasteiger partial charge in [-0.15, -0.1) is 0 Å². The zero-order valence-electron chi connectivity index (χ0n) is 20.0. The number of hydrogen-bond donors (Lipinski definition) is 2. The Balaban J connectivity index is 1.53. The molecule has 1 saturated heterocycles. The van der Waals surface area contributed by atoms with Crippen LogP contribution in [0.25, 0.3) is 0 Å². The Labute approximate surface area is 204 Å². The number of morpholine rings is 1. The van der Waals surface area contributed by atoms with Crippen molar-refractivity contribution >= 4 is 0 Å². The average Bonchev–Trinajstić information content (AvgIpc) is 2.89. The Morgan fingerprint density at radius 2 is 1.86 bits per heavy atom. The van der Waals surface area contributed by atoms with Gasteiger partial charge in [-0.05, 0) is 30.2 Å². The van der Waals surface area contributed by atoms with Gasteiger partial charge >= 0.3 is 0 Å². The maximum absolute atomic E-state index is 10.1. The normalized spacial score (nSPS) is 17.3. The molecule has 0 radical (unpaired) electrons. The van der Waals surface area contributed by atoms with E-state index in [0.717, 1.165) is 50.4 Å². The minimum Gasteiger partial charge on any atom is -0.508 e. The van der Waals surface area contributed by atoms with Gasteiger partial charge in [0.2, 0.25) is 5.88 Å². The molecule has 2 aliphatic rings. The number of hydrogen-bond acceptors (Lipinski definition) is 8. The van der Waals surface area contributed by atoms with E-state index in [9.17, 15) is 5.11 Å². The van der Waals surface area contributed by atoms with Crippen LogP contribution in [0.15, 0.2) is 42.7 Å². The second kappa shape index (κ2) is 9.97. The van der Waals surface area contributed by atoms with E-state index in [2.05, 4.69) is 9.88 Å². The molecule has 184 valence electrons. The number of phenolic OH excluding ortho intramolecular Hbond substituents is 1. The first-order valence-corrected chi connectivity index (χ1v) is 11.8. The molecule has 2 aromatic carbocycles. The lowest BCUT2D eigenvalue weighted by atomic mass is 9.83. The minimum absolute atomic E-state index is 0.110. The van der Waals surface area contributed by atoms with Gasteiger partial charge < -0.3 is 28.6 Å². The van der Waals surface area contributed by atoms with Crippen LogP contribution in [0.4, 0.5) is 0 Å². The average molecular weight is 479 g/mol. The van der Waals surface area contributed by atoms with Crippen molar-refractivity contribution in [3.8, 4) is 28.9 Å². The molecular formula is C26H30N4O5. The number of nitrogens with zero attached hydrogens (tertiary/aromatic N) is 3. The largest absolute Gasteiger partial charge is 0.508 e. The van der Waals surface area contributed by atoms with Crippen LogP contribution < -0.4 is 19.7 Å². The van der Waals surface area contributed by atoms with Crippen molar-refractivity contribution in [2.24, 2.45) is 0 Å². The summed E-state index contributed by atoms with van der Waals surface area (Å²) in [5, 5.41) is 19.1. The number of methoxy groups -OCH3 is 2. The second-order valence-corrected chi connectivity index (χ2v) is 8.68. The molecule has 0 aliphatic carbocycles. The van der Waals surface area contributed by atoms with E-state index in [-0.39, 0.29) is 11.7 Å². The van der Waals surface area contributed by atoms with Gasteiger partial charge in [-0.2, -0.15) is 0 Å². The fourth-order valence-corrected chi connectivity index (χ4v) is 4.79. The van der Waals surface area contributed by atoms with E-state index in [1.165, 1.54) is 0 Å². The Morgan fingerprint density at radius 1 is 1.06 bits per heavy atom. The summed E-state index contributed by atoms with van der Waals surface area (Å²) >= 11 is 0. The highest BCUT2D eigenvalue weighted by Crippen LogP contribution is 2.47. The van der Waals surface area contributed by atoms with E-state index < -0.39 is 0 Å². The number of nitrogens with one attached hydrogen (secondary N) is 1. The van der Waals surface area contributed by atoms with E-state index >= 15 is 0 Å². The first-order valence-electron chi connectivity index (χ1n) is 11.8. The topological polar surface area (TPSA) is 102 Å². The van der Waals surface area contributed by atoms with Crippen LogP contribution in [0.5, 0.6) is 28.9 Å². The van der Waals surface area contributed by atoms with Crippen molar-refractivity contribution in [2.75, 3.05) is 47.1 Å². The zero-order valence-corrected chi connectivity index (χ0v) is 20.0. The van der Waals surface area contributed by atoms with E-state index in [4.69, 9.17) is 24.4 Å². The summed E-state index contributed by atoms with van der Waals surface area (Å²) < 4.78 is 24.3. The quantitative estimate of drug-likeness (QED) is 0.421. The Kier molecular flexibility index (Phi) is 6.61. The molecule has 9 nitrogen and oxygen atoms in total. The van der Waals surface area contributed by atoms with Crippen LogP contribution in [-0.2, 0) is 11.3 Å². The molecule has 0 saturated carbocycles. The van der Waals surface area contributed by atoms with Gasteiger partial charge in [0.15, 0.2) is 11.5 Å². The molecule has 1 fully saturated rings. The van der Waals surface area contributed by atoms with Gasteiger partial charge in [0, 0.05) is 43.7 Å². The molecule has 9 heteroatoms. The standard InChI is InChI=1S/C26H30N4O5/c1-32-20-7-4-17(14-22(20)33-2)23-19-6-5-18(31)15-21(19)35-26-24(23)25(27)30(16-28-26)9-3-8-29-10-12-34-13-11-29/h4-7,14-16,23,27,31H,3,8-13H2,1-2H3/t23-/m0/s1. The first-order chi connectivity index (χ1) is 17.1. The highest BCUT2D eigenvalue weighted by atomic mass is 16.5. The Bertz CT molecular complexity index is 1270. The smallest absolute Gasteiger partial charge is 0.228 e. The van der Waals surface area contributed by atoms with Gasteiger partial charge in [-0.25, -0.2) is 4.98 Å². The zero-order chi connectivity index (χ0) is 24.4. The summed E-state index contributed by atoms with van der Waals surface area (Å²) in [5.41, 5.74) is 2.81. The predicted octanol–water partition coefficient (Wildman–Crippen LogP) is 3.09. The number of aromatic nitrogens is 2. The third kappa shape index (κ3) is 4.56. The molecule has 35 heavy (non-hydrogen) atoms. The van der Waals surface area contributed by atoms with Gasteiger partial charge in [0.05, 0.1) is 33.0 Å². The number of ether oxygens (including phenoxy) is 4. The van der Waals surface area contributed by atoms with Gasteiger partial charge in [-0.1, -0.05) is 12.1 Å².